The van der Waals surface area contributed by atoms with E-state index in [-0.39, 0.29) is 23.8 Å². The summed E-state index contributed by atoms with van der Waals surface area (Å²) in [5.74, 6) is -0.637. The first-order valence-corrected chi connectivity index (χ1v) is 10.3. The lowest BCUT2D eigenvalue weighted by Gasteiger charge is -2.17. The van der Waals surface area contributed by atoms with E-state index >= 15 is 0 Å². The molecule has 0 atom stereocenters. The molecule has 2 aromatic carbocycles. The first-order chi connectivity index (χ1) is 12.8. The second kappa shape index (κ2) is 9.10. The Morgan fingerprint density at radius 3 is 2.44 bits per heavy atom. The second-order valence-electron chi connectivity index (χ2n) is 6.39. The van der Waals surface area contributed by atoms with E-state index in [9.17, 15) is 17.6 Å². The molecule has 0 radical (unpaired) electrons. The minimum atomic E-state index is -3.69. The molecular weight excluding hydrogens is 367 g/mol. The van der Waals surface area contributed by atoms with Crippen LogP contribution < -0.4 is 5.32 Å². The van der Waals surface area contributed by atoms with Gasteiger partial charge in [0.05, 0.1) is 4.90 Å². The van der Waals surface area contributed by atoms with Crippen LogP contribution in [0, 0.1) is 12.7 Å². The molecule has 2 rings (SSSR count). The molecule has 7 heteroatoms. The number of amides is 1. The number of nitrogens with zero attached hydrogens (tertiary/aromatic N) is 1. The van der Waals surface area contributed by atoms with E-state index in [0.29, 0.717) is 6.42 Å². The van der Waals surface area contributed by atoms with E-state index in [1.807, 2.05) is 32.0 Å². The van der Waals surface area contributed by atoms with Crippen LogP contribution in [0.3, 0.4) is 0 Å². The number of sulfonamides is 1. The van der Waals surface area contributed by atoms with Crippen molar-refractivity contribution in [3.05, 3.63) is 59.4 Å². The summed E-state index contributed by atoms with van der Waals surface area (Å²) in [6.45, 7) is 4.17. The predicted molar refractivity (Wildman–Crippen MR) is 105 cm³/mol. The van der Waals surface area contributed by atoms with Gasteiger partial charge in [-0.15, -0.1) is 0 Å². The number of benzene rings is 2. The number of para-hydroxylation sites is 1. The van der Waals surface area contributed by atoms with Crippen molar-refractivity contribution in [3.63, 3.8) is 0 Å². The van der Waals surface area contributed by atoms with Gasteiger partial charge in [0.1, 0.15) is 5.82 Å². The first kappa shape index (κ1) is 21.1. The van der Waals surface area contributed by atoms with Gasteiger partial charge < -0.3 is 5.32 Å². The highest BCUT2D eigenvalue weighted by Gasteiger charge is 2.20. The van der Waals surface area contributed by atoms with Crippen molar-refractivity contribution >= 4 is 21.6 Å². The van der Waals surface area contributed by atoms with Crippen LogP contribution >= 0.6 is 0 Å². The lowest BCUT2D eigenvalue weighted by molar-refractivity contribution is -0.116. The lowest BCUT2D eigenvalue weighted by Crippen LogP contribution is -2.28. The number of nitrogens with one attached hydrogen (secondary N) is 1. The molecule has 2 aromatic rings. The normalized spacial score (nSPS) is 11.6. The van der Waals surface area contributed by atoms with Crippen LogP contribution in [-0.4, -0.2) is 32.2 Å². The molecule has 1 N–H and O–H groups in total. The number of anilines is 1. The van der Waals surface area contributed by atoms with Gasteiger partial charge in [-0.1, -0.05) is 25.1 Å². The van der Waals surface area contributed by atoms with Gasteiger partial charge in [-0.3, -0.25) is 4.79 Å². The van der Waals surface area contributed by atoms with Gasteiger partial charge in [0.15, 0.2) is 0 Å². The molecular formula is C20H25FN2O3S. The summed E-state index contributed by atoms with van der Waals surface area (Å²) in [5.41, 5.74) is 2.90. The maximum atomic E-state index is 13.0. The Bertz CT molecular complexity index is 896. The summed E-state index contributed by atoms with van der Waals surface area (Å²) < 4.78 is 39.0. The number of hydrogen-bond donors (Lipinski definition) is 1. The molecule has 0 aliphatic carbocycles. The van der Waals surface area contributed by atoms with E-state index in [4.69, 9.17) is 0 Å². The fourth-order valence-electron chi connectivity index (χ4n) is 2.77. The molecule has 0 saturated carbocycles. The fourth-order valence-corrected chi connectivity index (χ4v) is 3.98. The third kappa shape index (κ3) is 5.37. The maximum Gasteiger partial charge on any atom is 0.242 e. The molecule has 0 aliphatic heterocycles. The van der Waals surface area contributed by atoms with Crippen LogP contribution in [0.5, 0.6) is 0 Å². The van der Waals surface area contributed by atoms with Gasteiger partial charge >= 0.3 is 0 Å². The fraction of sp³-hybridized carbons (Fsp3) is 0.350. The third-order valence-electron chi connectivity index (χ3n) is 4.40. The Hall–Kier alpha value is -2.25. The highest BCUT2D eigenvalue weighted by molar-refractivity contribution is 7.89. The maximum absolute atomic E-state index is 13.0. The zero-order chi connectivity index (χ0) is 20.0. The number of halogens is 1. The number of carbonyl (C=O) groups excluding carboxylic acids is 1. The SMILES string of the molecule is CCc1cccc(C)c1NC(=O)CCCN(C)S(=O)(=O)c1ccc(F)cc1. The van der Waals surface area contributed by atoms with E-state index in [0.717, 1.165) is 35.4 Å². The van der Waals surface area contributed by atoms with Crippen molar-refractivity contribution in [1.82, 2.24) is 4.31 Å². The van der Waals surface area contributed by atoms with Crippen molar-refractivity contribution in [2.75, 3.05) is 18.9 Å². The zero-order valence-electron chi connectivity index (χ0n) is 15.8. The Kier molecular flexibility index (Phi) is 7.10. The van der Waals surface area contributed by atoms with E-state index in [1.165, 1.54) is 23.5 Å². The van der Waals surface area contributed by atoms with Gasteiger partial charge in [0.25, 0.3) is 0 Å². The van der Waals surface area contributed by atoms with Gasteiger partial charge in [0.2, 0.25) is 15.9 Å². The average molecular weight is 392 g/mol. The Morgan fingerprint density at radius 2 is 1.81 bits per heavy atom. The number of rotatable bonds is 8. The molecule has 0 heterocycles. The van der Waals surface area contributed by atoms with Crippen LogP contribution in [0.25, 0.3) is 0 Å². The smallest absolute Gasteiger partial charge is 0.242 e. The molecule has 0 aromatic heterocycles. The topological polar surface area (TPSA) is 66.5 Å². The number of carbonyl (C=O) groups is 1. The lowest BCUT2D eigenvalue weighted by atomic mass is 10.1. The number of aryl methyl sites for hydroxylation is 2. The van der Waals surface area contributed by atoms with E-state index < -0.39 is 15.8 Å². The predicted octanol–water partition coefficient (Wildman–Crippen LogP) is 3.74. The van der Waals surface area contributed by atoms with E-state index in [2.05, 4.69) is 5.32 Å². The molecule has 27 heavy (non-hydrogen) atoms. The van der Waals surface area contributed by atoms with Crippen molar-refractivity contribution in [1.29, 1.82) is 0 Å². The van der Waals surface area contributed by atoms with Gasteiger partial charge in [-0.2, -0.15) is 0 Å². The van der Waals surface area contributed by atoms with Crippen molar-refractivity contribution in [2.45, 2.75) is 38.0 Å². The standard InChI is InChI=1S/C20H25FN2O3S/c1-4-16-8-5-7-15(2)20(16)22-19(24)9-6-14-23(3)27(25,26)18-12-10-17(21)11-13-18/h5,7-8,10-13H,4,6,9,14H2,1-3H3,(H,22,24). The van der Waals surface area contributed by atoms with Gasteiger partial charge in [0, 0.05) is 25.7 Å². The molecule has 146 valence electrons. The highest BCUT2D eigenvalue weighted by atomic mass is 32.2. The third-order valence-corrected chi connectivity index (χ3v) is 6.27. The first-order valence-electron chi connectivity index (χ1n) is 8.86. The minimum Gasteiger partial charge on any atom is -0.326 e. The monoisotopic (exact) mass is 392 g/mol. The average Bonchev–Trinajstić information content (AvgIpc) is 2.63. The quantitative estimate of drug-likeness (QED) is 0.744. The van der Waals surface area contributed by atoms with Crippen molar-refractivity contribution in [3.8, 4) is 0 Å². The zero-order valence-corrected chi connectivity index (χ0v) is 16.6. The highest BCUT2D eigenvalue weighted by Crippen LogP contribution is 2.21. The Morgan fingerprint density at radius 1 is 1.15 bits per heavy atom. The van der Waals surface area contributed by atoms with Crippen LogP contribution in [-0.2, 0) is 21.2 Å². The largest absolute Gasteiger partial charge is 0.326 e. The van der Waals surface area contributed by atoms with Crippen molar-refractivity contribution < 1.29 is 17.6 Å². The van der Waals surface area contributed by atoms with E-state index in [1.54, 1.807) is 0 Å². The van der Waals surface area contributed by atoms with Crippen LogP contribution in [0.15, 0.2) is 47.4 Å². The molecule has 1 amide bonds. The summed E-state index contributed by atoms with van der Waals surface area (Å²) in [4.78, 5) is 12.3. The summed E-state index contributed by atoms with van der Waals surface area (Å²) >= 11 is 0. The second-order valence-corrected chi connectivity index (χ2v) is 8.44. The summed E-state index contributed by atoms with van der Waals surface area (Å²) in [6.07, 6.45) is 1.41. The molecule has 0 unspecified atom stereocenters. The molecule has 0 saturated heterocycles. The summed E-state index contributed by atoms with van der Waals surface area (Å²) in [6, 6.07) is 10.6. The Balaban J connectivity index is 1.92. The molecule has 0 spiro atoms. The Labute approximate surface area is 160 Å². The van der Waals surface area contributed by atoms with Gasteiger partial charge in [-0.25, -0.2) is 17.1 Å². The number of hydrogen-bond acceptors (Lipinski definition) is 3. The molecule has 0 fully saturated rings. The van der Waals surface area contributed by atoms with Crippen LogP contribution in [0.4, 0.5) is 10.1 Å². The summed E-state index contributed by atoms with van der Waals surface area (Å²) in [5, 5.41) is 2.93. The molecule has 0 bridgehead atoms. The molecule has 0 aliphatic rings. The van der Waals surface area contributed by atoms with Gasteiger partial charge in [-0.05, 0) is 55.2 Å². The molecule has 5 nitrogen and oxygen atoms in total. The minimum absolute atomic E-state index is 0.0309. The van der Waals surface area contributed by atoms with Crippen LogP contribution in [0.2, 0.25) is 0 Å². The van der Waals surface area contributed by atoms with Crippen molar-refractivity contribution in [2.24, 2.45) is 0 Å². The van der Waals surface area contributed by atoms with Crippen LogP contribution in [0.1, 0.15) is 30.9 Å². The summed E-state index contributed by atoms with van der Waals surface area (Å²) in [7, 11) is -2.24.